The van der Waals surface area contributed by atoms with Crippen LogP contribution in [0.2, 0.25) is 10.0 Å². The summed E-state index contributed by atoms with van der Waals surface area (Å²) in [6.07, 6.45) is 1.54. The van der Waals surface area contributed by atoms with E-state index in [1.54, 1.807) is 18.2 Å². The summed E-state index contributed by atoms with van der Waals surface area (Å²) in [5.74, 6) is -0.0639. The van der Waals surface area contributed by atoms with Crippen LogP contribution < -0.4 is 5.32 Å². The number of nitrogens with zero attached hydrogens (tertiary/aromatic N) is 2. The molecule has 1 fully saturated rings. The number of anilines is 1. The van der Waals surface area contributed by atoms with Crippen LogP contribution in [0.5, 0.6) is 0 Å². The molecule has 1 heterocycles. The Morgan fingerprint density at radius 3 is 2.52 bits per heavy atom. The minimum absolute atomic E-state index is 0.0639. The van der Waals surface area contributed by atoms with Crippen molar-refractivity contribution in [3.8, 4) is 0 Å². The normalized spacial score (nSPS) is 18.2. The Labute approximate surface area is 183 Å². The van der Waals surface area contributed by atoms with Crippen molar-refractivity contribution in [2.45, 2.75) is 38.8 Å². The van der Waals surface area contributed by atoms with Gasteiger partial charge in [-0.25, -0.2) is 0 Å². The topological polar surface area (TPSA) is 35.6 Å². The number of halogens is 2. The molecule has 0 aromatic heterocycles. The monoisotopic (exact) mass is 433 g/mol. The number of nitrogens with one attached hydrogen (secondary N) is 1. The second-order valence-corrected chi connectivity index (χ2v) is 8.36. The summed E-state index contributed by atoms with van der Waals surface area (Å²) in [7, 11) is 0. The molecule has 6 heteroatoms. The Kier molecular flexibility index (Phi) is 7.96. The average Bonchev–Trinajstić information content (AvgIpc) is 3.21. The molecular weight excluding hydrogens is 405 g/mol. The molecule has 1 N–H and O–H groups in total. The van der Waals surface area contributed by atoms with Crippen molar-refractivity contribution in [1.29, 1.82) is 0 Å². The SMILES string of the molecule is CCN(CCC(=O)Nc1c(Cl)cccc1Cl)C1CCN(C(C)c2ccccc2)C1. The number of hydrogen-bond acceptors (Lipinski definition) is 3. The third kappa shape index (κ3) is 5.73. The van der Waals surface area contributed by atoms with E-state index in [-0.39, 0.29) is 5.91 Å². The number of likely N-dealkylation sites (N-methyl/N-ethyl adjacent to an activating group) is 1. The second kappa shape index (κ2) is 10.4. The summed E-state index contributed by atoms with van der Waals surface area (Å²) in [6.45, 7) is 8.20. The molecule has 2 atom stereocenters. The van der Waals surface area contributed by atoms with E-state index in [4.69, 9.17) is 23.2 Å². The third-order valence-corrected chi connectivity index (χ3v) is 6.43. The number of benzene rings is 2. The quantitative estimate of drug-likeness (QED) is 0.598. The van der Waals surface area contributed by atoms with Gasteiger partial charge in [0.2, 0.25) is 5.91 Å². The highest BCUT2D eigenvalue weighted by atomic mass is 35.5. The number of rotatable bonds is 8. The van der Waals surface area contributed by atoms with Gasteiger partial charge in [-0.2, -0.15) is 0 Å². The highest BCUT2D eigenvalue weighted by Gasteiger charge is 2.30. The lowest BCUT2D eigenvalue weighted by Gasteiger charge is -2.29. The van der Waals surface area contributed by atoms with Crippen LogP contribution in [0.1, 0.15) is 38.3 Å². The van der Waals surface area contributed by atoms with Crippen molar-refractivity contribution in [1.82, 2.24) is 9.80 Å². The van der Waals surface area contributed by atoms with Crippen LogP contribution >= 0.6 is 23.2 Å². The minimum Gasteiger partial charge on any atom is -0.324 e. The van der Waals surface area contributed by atoms with Gasteiger partial charge in [-0.3, -0.25) is 14.6 Å². The minimum atomic E-state index is -0.0639. The van der Waals surface area contributed by atoms with Gasteiger partial charge in [0.05, 0.1) is 15.7 Å². The maximum atomic E-state index is 12.4. The zero-order valence-corrected chi connectivity index (χ0v) is 18.6. The van der Waals surface area contributed by atoms with E-state index in [1.165, 1.54) is 5.56 Å². The summed E-state index contributed by atoms with van der Waals surface area (Å²) in [5.41, 5.74) is 1.85. The molecule has 1 aliphatic rings. The van der Waals surface area contributed by atoms with Crippen molar-refractivity contribution in [2.75, 3.05) is 31.5 Å². The van der Waals surface area contributed by atoms with Gasteiger partial charge in [-0.05, 0) is 37.6 Å². The number of carbonyl (C=O) groups excluding carboxylic acids is 1. The van der Waals surface area contributed by atoms with E-state index in [1.807, 2.05) is 0 Å². The average molecular weight is 434 g/mol. The Bertz CT molecular complexity index is 795. The van der Waals surface area contributed by atoms with E-state index in [2.05, 4.69) is 59.3 Å². The van der Waals surface area contributed by atoms with Crippen LogP contribution in [0.4, 0.5) is 5.69 Å². The van der Waals surface area contributed by atoms with Gasteiger partial charge >= 0.3 is 0 Å². The molecule has 2 aromatic carbocycles. The molecule has 0 radical (unpaired) electrons. The van der Waals surface area contributed by atoms with Crippen molar-refractivity contribution in [3.05, 3.63) is 64.1 Å². The summed E-state index contributed by atoms with van der Waals surface area (Å²) >= 11 is 12.3. The van der Waals surface area contributed by atoms with E-state index < -0.39 is 0 Å². The summed E-state index contributed by atoms with van der Waals surface area (Å²) in [6, 6.07) is 16.7. The van der Waals surface area contributed by atoms with Crippen LogP contribution in [0.25, 0.3) is 0 Å². The molecule has 2 unspecified atom stereocenters. The number of carbonyl (C=O) groups is 1. The van der Waals surface area contributed by atoms with Gasteiger partial charge in [-0.1, -0.05) is 66.5 Å². The molecule has 29 heavy (non-hydrogen) atoms. The zero-order valence-electron chi connectivity index (χ0n) is 17.1. The summed E-state index contributed by atoms with van der Waals surface area (Å²) < 4.78 is 0. The molecule has 156 valence electrons. The molecular formula is C23H29Cl2N3O. The first kappa shape index (κ1) is 22.1. The standard InChI is InChI=1S/C23H29Cl2N3O/c1-3-27(15-13-22(29)26-23-20(24)10-7-11-21(23)25)19-12-14-28(16-19)17(2)18-8-5-4-6-9-18/h4-11,17,19H,3,12-16H2,1-2H3,(H,26,29). The third-order valence-electron chi connectivity index (χ3n) is 5.80. The lowest BCUT2D eigenvalue weighted by Crippen LogP contribution is -2.39. The predicted molar refractivity (Wildman–Crippen MR) is 122 cm³/mol. The van der Waals surface area contributed by atoms with E-state index in [9.17, 15) is 4.79 Å². The summed E-state index contributed by atoms with van der Waals surface area (Å²) in [5, 5.41) is 3.77. The maximum absolute atomic E-state index is 12.4. The predicted octanol–water partition coefficient (Wildman–Crippen LogP) is 5.48. The van der Waals surface area contributed by atoms with Gasteiger partial charge < -0.3 is 5.32 Å². The fraction of sp³-hybridized carbons (Fsp3) is 0.435. The smallest absolute Gasteiger partial charge is 0.225 e. The van der Waals surface area contributed by atoms with Crippen molar-refractivity contribution in [3.63, 3.8) is 0 Å². The zero-order chi connectivity index (χ0) is 20.8. The van der Waals surface area contributed by atoms with Crippen molar-refractivity contribution in [2.24, 2.45) is 0 Å². The molecule has 2 aromatic rings. The molecule has 1 amide bonds. The fourth-order valence-corrected chi connectivity index (χ4v) is 4.52. The molecule has 3 rings (SSSR count). The number of likely N-dealkylation sites (tertiary alicyclic amines) is 1. The summed E-state index contributed by atoms with van der Waals surface area (Å²) in [4.78, 5) is 17.4. The molecule has 0 spiro atoms. The first-order valence-electron chi connectivity index (χ1n) is 10.3. The first-order valence-corrected chi connectivity index (χ1v) is 11.0. The van der Waals surface area contributed by atoms with Gasteiger partial charge in [-0.15, -0.1) is 0 Å². The molecule has 1 saturated heterocycles. The Balaban J connectivity index is 1.52. The van der Waals surface area contributed by atoms with Crippen LogP contribution in [-0.2, 0) is 4.79 Å². The van der Waals surface area contributed by atoms with Crippen molar-refractivity contribution >= 4 is 34.8 Å². The van der Waals surface area contributed by atoms with E-state index in [0.29, 0.717) is 34.2 Å². The van der Waals surface area contributed by atoms with Gasteiger partial charge in [0.25, 0.3) is 0 Å². The molecule has 1 aliphatic heterocycles. The Morgan fingerprint density at radius 2 is 1.86 bits per heavy atom. The van der Waals surface area contributed by atoms with E-state index >= 15 is 0 Å². The van der Waals surface area contributed by atoms with Crippen LogP contribution in [-0.4, -0.2) is 47.9 Å². The Hall–Kier alpha value is -1.59. The number of hydrogen-bond donors (Lipinski definition) is 1. The highest BCUT2D eigenvalue weighted by Crippen LogP contribution is 2.30. The fourth-order valence-electron chi connectivity index (χ4n) is 4.02. The molecule has 0 bridgehead atoms. The van der Waals surface area contributed by atoms with Crippen LogP contribution in [0, 0.1) is 0 Å². The van der Waals surface area contributed by atoms with E-state index in [0.717, 1.165) is 32.6 Å². The maximum Gasteiger partial charge on any atom is 0.225 e. The highest BCUT2D eigenvalue weighted by molar-refractivity contribution is 6.39. The van der Waals surface area contributed by atoms with Gasteiger partial charge in [0.15, 0.2) is 0 Å². The molecule has 4 nitrogen and oxygen atoms in total. The lowest BCUT2D eigenvalue weighted by atomic mass is 10.1. The lowest BCUT2D eigenvalue weighted by molar-refractivity contribution is -0.116. The van der Waals surface area contributed by atoms with Gasteiger partial charge in [0.1, 0.15) is 0 Å². The van der Waals surface area contributed by atoms with Crippen LogP contribution in [0.15, 0.2) is 48.5 Å². The van der Waals surface area contributed by atoms with Crippen LogP contribution in [0.3, 0.4) is 0 Å². The number of amides is 1. The first-order chi connectivity index (χ1) is 14.0. The second-order valence-electron chi connectivity index (χ2n) is 7.55. The van der Waals surface area contributed by atoms with Gasteiger partial charge in [0, 0.05) is 38.1 Å². The number of para-hydroxylation sites is 1. The van der Waals surface area contributed by atoms with Crippen molar-refractivity contribution < 1.29 is 4.79 Å². The largest absolute Gasteiger partial charge is 0.324 e. The molecule has 0 aliphatic carbocycles. The molecule has 0 saturated carbocycles. The Morgan fingerprint density at radius 1 is 1.17 bits per heavy atom.